The van der Waals surface area contributed by atoms with Crippen LogP contribution in [0.5, 0.6) is 0 Å². The smallest absolute Gasteiger partial charge is 0.313 e. The molecule has 2 aliphatic rings. The molecular weight excluding hydrogens is 440 g/mol. The van der Waals surface area contributed by atoms with Crippen LogP contribution in [-0.4, -0.2) is 29.5 Å². The van der Waals surface area contributed by atoms with Gasteiger partial charge in [0, 0.05) is 28.6 Å². The summed E-state index contributed by atoms with van der Waals surface area (Å²) >= 11 is 0. The summed E-state index contributed by atoms with van der Waals surface area (Å²) in [5.41, 5.74) is 2.62. The van der Waals surface area contributed by atoms with Crippen LogP contribution in [0.2, 0.25) is 0 Å². The summed E-state index contributed by atoms with van der Waals surface area (Å²) in [7, 11) is 1.44. The first-order chi connectivity index (χ1) is 16.6. The van der Waals surface area contributed by atoms with E-state index in [4.69, 9.17) is 4.74 Å². The van der Waals surface area contributed by atoms with Crippen molar-refractivity contribution in [1.29, 1.82) is 0 Å². The van der Waals surface area contributed by atoms with E-state index < -0.39 is 11.3 Å². The molecule has 1 aromatic heterocycles. The zero-order valence-electron chi connectivity index (χ0n) is 21.9. The number of ether oxygens (including phenoxy) is 1. The van der Waals surface area contributed by atoms with Crippen LogP contribution in [0.1, 0.15) is 100 Å². The van der Waals surface area contributed by atoms with Crippen molar-refractivity contribution in [3.63, 3.8) is 0 Å². The summed E-state index contributed by atoms with van der Waals surface area (Å²) in [5.74, 6) is -0.122. The van der Waals surface area contributed by atoms with Crippen LogP contribution in [0.3, 0.4) is 0 Å². The first-order valence-corrected chi connectivity index (χ1v) is 13.2. The van der Waals surface area contributed by atoms with Gasteiger partial charge in [-0.15, -0.1) is 0 Å². The minimum atomic E-state index is -0.604. The second-order valence-electron chi connectivity index (χ2n) is 11.6. The van der Waals surface area contributed by atoms with E-state index >= 15 is 0 Å². The Balaban J connectivity index is 1.81. The van der Waals surface area contributed by atoms with Gasteiger partial charge >= 0.3 is 5.97 Å². The van der Waals surface area contributed by atoms with E-state index in [0.29, 0.717) is 5.92 Å². The van der Waals surface area contributed by atoms with E-state index in [1.807, 2.05) is 46.0 Å². The fraction of sp³-hybridized carbons (Fsp3) is 0.621. The van der Waals surface area contributed by atoms with E-state index in [0.717, 1.165) is 72.7 Å². The number of anilines is 1. The molecule has 6 heteroatoms. The van der Waals surface area contributed by atoms with Crippen LogP contribution in [-0.2, 0) is 14.3 Å². The Labute approximate surface area is 208 Å². The number of amides is 1. The van der Waals surface area contributed by atoms with E-state index in [1.54, 1.807) is 4.57 Å². The first-order valence-electron chi connectivity index (χ1n) is 13.2. The fourth-order valence-corrected chi connectivity index (χ4v) is 5.84. The summed E-state index contributed by atoms with van der Waals surface area (Å²) < 4.78 is 6.92. The molecule has 1 heterocycles. The van der Waals surface area contributed by atoms with Crippen LogP contribution in [0, 0.1) is 24.2 Å². The Morgan fingerprint density at radius 2 is 1.69 bits per heavy atom. The van der Waals surface area contributed by atoms with Crippen molar-refractivity contribution in [2.75, 3.05) is 12.4 Å². The van der Waals surface area contributed by atoms with E-state index in [1.165, 1.54) is 20.0 Å². The van der Waals surface area contributed by atoms with Crippen LogP contribution in [0.4, 0.5) is 5.69 Å². The highest BCUT2D eigenvalue weighted by Crippen LogP contribution is 2.40. The molecule has 0 spiro atoms. The normalized spacial score (nSPS) is 18.2. The number of nitrogens with one attached hydrogen (secondary N) is 1. The zero-order chi connectivity index (χ0) is 25.3. The van der Waals surface area contributed by atoms with Gasteiger partial charge in [-0.2, -0.15) is 0 Å². The van der Waals surface area contributed by atoms with Gasteiger partial charge in [-0.1, -0.05) is 59.3 Å². The second-order valence-corrected chi connectivity index (χ2v) is 11.6. The highest BCUT2D eigenvalue weighted by molar-refractivity contribution is 6.02. The molecule has 0 radical (unpaired) electrons. The number of nitrogens with zero attached hydrogens (tertiary/aromatic N) is 1. The van der Waals surface area contributed by atoms with E-state index in [2.05, 4.69) is 5.32 Å². The third-order valence-corrected chi connectivity index (χ3v) is 7.93. The van der Waals surface area contributed by atoms with Gasteiger partial charge in [-0.3, -0.25) is 19.0 Å². The number of hydrogen-bond acceptors (Lipinski definition) is 4. The van der Waals surface area contributed by atoms with Crippen molar-refractivity contribution in [3.05, 3.63) is 29.5 Å². The van der Waals surface area contributed by atoms with Gasteiger partial charge in [-0.05, 0) is 55.4 Å². The van der Waals surface area contributed by atoms with E-state index in [-0.39, 0.29) is 23.7 Å². The van der Waals surface area contributed by atoms with Crippen LogP contribution in [0.25, 0.3) is 10.9 Å². The number of esters is 1. The quantitative estimate of drug-likeness (QED) is 0.472. The average molecular weight is 481 g/mol. The topological polar surface area (TPSA) is 77.4 Å². The molecule has 1 N–H and O–H groups in total. The number of carbonyl (C=O) groups excluding carboxylic acids is 3. The van der Waals surface area contributed by atoms with Gasteiger partial charge in [-0.25, -0.2) is 0 Å². The molecular formula is C29H40N2O4. The molecule has 2 fully saturated rings. The molecule has 1 unspecified atom stereocenters. The third kappa shape index (κ3) is 5.31. The van der Waals surface area contributed by atoms with Crippen LogP contribution in [0.15, 0.2) is 18.3 Å². The van der Waals surface area contributed by atoms with Gasteiger partial charge in [0.05, 0.1) is 18.5 Å². The Kier molecular flexibility index (Phi) is 7.39. The number of carbonyl (C=O) groups is 3. The lowest BCUT2D eigenvalue weighted by Gasteiger charge is -2.19. The Morgan fingerprint density at radius 3 is 2.29 bits per heavy atom. The summed E-state index contributed by atoms with van der Waals surface area (Å²) in [6.45, 7) is 7.66. The van der Waals surface area contributed by atoms with Crippen molar-refractivity contribution >= 4 is 34.4 Å². The largest absolute Gasteiger partial charge is 0.469 e. The van der Waals surface area contributed by atoms with Gasteiger partial charge in [0.15, 0.2) is 0 Å². The van der Waals surface area contributed by atoms with Gasteiger partial charge in [0.2, 0.25) is 11.8 Å². The number of fused-ring (bicyclic) bond motifs is 1. The monoisotopic (exact) mass is 480 g/mol. The second kappa shape index (κ2) is 10.2. The highest BCUT2D eigenvalue weighted by Gasteiger charge is 2.33. The molecule has 190 valence electrons. The molecule has 1 atom stereocenters. The Bertz CT molecular complexity index is 1110. The molecule has 1 amide bonds. The molecule has 2 aliphatic carbocycles. The van der Waals surface area contributed by atoms with Crippen molar-refractivity contribution in [2.24, 2.45) is 17.3 Å². The lowest BCUT2D eigenvalue weighted by Crippen LogP contribution is -2.26. The molecule has 1 aromatic carbocycles. The zero-order valence-corrected chi connectivity index (χ0v) is 21.9. The standard InChI is InChI=1S/C29H40N2O4/c1-18-14-21-23(22(27(33)35-5)15-19-10-6-7-11-19)17-31(28(34)29(2,3)4)25(21)16-24(18)30-26(32)20-12-8-9-13-20/h14,16-17,19-20,22H,6-13,15H2,1-5H3,(H,30,32). The molecule has 2 aromatic rings. The van der Waals surface area contributed by atoms with Gasteiger partial charge < -0.3 is 10.1 Å². The molecule has 35 heavy (non-hydrogen) atoms. The number of hydrogen-bond donors (Lipinski definition) is 1. The maximum absolute atomic E-state index is 13.5. The summed E-state index contributed by atoms with van der Waals surface area (Å²) in [5, 5.41) is 4.01. The van der Waals surface area contributed by atoms with Crippen molar-refractivity contribution < 1.29 is 19.1 Å². The number of benzene rings is 1. The van der Waals surface area contributed by atoms with Crippen LogP contribution >= 0.6 is 0 Å². The Hall–Kier alpha value is -2.63. The molecule has 0 bridgehead atoms. The number of aromatic nitrogens is 1. The summed E-state index contributed by atoms with van der Waals surface area (Å²) in [6, 6.07) is 3.93. The van der Waals surface area contributed by atoms with Gasteiger partial charge in [0.25, 0.3) is 0 Å². The molecule has 4 rings (SSSR count). The van der Waals surface area contributed by atoms with Crippen molar-refractivity contribution in [1.82, 2.24) is 4.57 Å². The predicted octanol–water partition coefficient (Wildman–Crippen LogP) is 6.60. The number of rotatable bonds is 6. The minimum Gasteiger partial charge on any atom is -0.469 e. The number of aryl methyl sites for hydroxylation is 1. The highest BCUT2D eigenvalue weighted by atomic mass is 16.5. The SMILES string of the molecule is COC(=O)C(CC1CCCC1)c1cn(C(=O)C(C)(C)C)c2cc(NC(=O)C3CCCC3)c(C)cc12. The van der Waals surface area contributed by atoms with Crippen LogP contribution < -0.4 is 5.32 Å². The Morgan fingerprint density at radius 1 is 1.06 bits per heavy atom. The summed E-state index contributed by atoms with van der Waals surface area (Å²) in [6.07, 6.45) is 11.3. The van der Waals surface area contributed by atoms with E-state index in [9.17, 15) is 14.4 Å². The molecule has 0 saturated heterocycles. The lowest BCUT2D eigenvalue weighted by molar-refractivity contribution is -0.142. The third-order valence-electron chi connectivity index (χ3n) is 7.93. The van der Waals surface area contributed by atoms with Gasteiger partial charge in [0.1, 0.15) is 0 Å². The summed E-state index contributed by atoms with van der Waals surface area (Å²) in [4.78, 5) is 39.3. The lowest BCUT2D eigenvalue weighted by atomic mass is 9.87. The molecule has 0 aliphatic heterocycles. The minimum absolute atomic E-state index is 0.0462. The predicted molar refractivity (Wildman–Crippen MR) is 139 cm³/mol. The first kappa shape index (κ1) is 25.5. The van der Waals surface area contributed by atoms with Crippen molar-refractivity contribution in [3.8, 4) is 0 Å². The number of methoxy groups -OCH3 is 1. The fourth-order valence-electron chi connectivity index (χ4n) is 5.84. The average Bonchev–Trinajstić information content (AvgIpc) is 3.57. The maximum atomic E-state index is 13.5. The molecule has 2 saturated carbocycles. The maximum Gasteiger partial charge on any atom is 0.313 e. The molecule has 6 nitrogen and oxygen atoms in total. The van der Waals surface area contributed by atoms with Crippen molar-refractivity contribution in [2.45, 2.75) is 91.4 Å².